The van der Waals surface area contributed by atoms with Gasteiger partial charge in [0.15, 0.2) is 0 Å². The molecule has 2 aliphatic heterocycles. The molecule has 9 nitrogen and oxygen atoms in total. The molecule has 4 amide bonds. The number of unbranched alkanes of at least 4 members (excludes halogenated alkanes) is 1. The second-order valence-corrected chi connectivity index (χ2v) is 9.36. The molecule has 4 N–H and O–H groups in total. The standard InChI is InChI=1S/C25H36N4O5/c1-3-25(2)24(34)27-19(16-17-10-5-4-6-11-17)23(33)29-14-9-13-20(29)22(32)26-18(21(31)28-25)12-7-8-15-30/h4-6,10-11,18-20,30H,3,7-9,12-16H2,1-2H3,(H,26,32)(H,27,34)(H,28,31)/t18-,19-,20+,25-/m0/s1. The van der Waals surface area contributed by atoms with Crippen LogP contribution in [0.1, 0.15) is 57.9 Å². The third-order valence-corrected chi connectivity index (χ3v) is 6.87. The van der Waals surface area contributed by atoms with Gasteiger partial charge in [-0.3, -0.25) is 19.2 Å². The fourth-order valence-electron chi connectivity index (χ4n) is 4.53. The molecule has 0 unspecified atom stereocenters. The quantitative estimate of drug-likeness (QED) is 0.433. The topological polar surface area (TPSA) is 128 Å². The van der Waals surface area contributed by atoms with Gasteiger partial charge in [0.1, 0.15) is 23.7 Å². The number of carbonyl (C=O) groups is 4. The van der Waals surface area contributed by atoms with Crippen molar-refractivity contribution in [2.24, 2.45) is 0 Å². The number of benzene rings is 1. The lowest BCUT2D eigenvalue weighted by atomic mass is 9.94. The van der Waals surface area contributed by atoms with E-state index in [0.29, 0.717) is 45.1 Å². The molecular formula is C25H36N4O5. The summed E-state index contributed by atoms with van der Waals surface area (Å²) in [5.74, 6) is -1.54. The number of hydrogen-bond acceptors (Lipinski definition) is 5. The first-order chi connectivity index (χ1) is 16.3. The molecule has 0 saturated carbocycles. The van der Waals surface area contributed by atoms with E-state index in [-0.39, 0.29) is 24.8 Å². The number of aliphatic hydroxyl groups is 1. The molecule has 3 rings (SSSR count). The van der Waals surface area contributed by atoms with Crippen molar-refractivity contribution in [3.05, 3.63) is 35.9 Å². The maximum Gasteiger partial charge on any atom is 0.246 e. The molecule has 0 spiro atoms. The Kier molecular flexibility index (Phi) is 8.66. The normalized spacial score (nSPS) is 28.3. The molecule has 0 bridgehead atoms. The Morgan fingerprint density at radius 3 is 2.44 bits per heavy atom. The maximum atomic E-state index is 13.6. The Bertz CT molecular complexity index is 893. The number of nitrogens with zero attached hydrogens (tertiary/aromatic N) is 1. The molecule has 2 fully saturated rings. The monoisotopic (exact) mass is 472 g/mol. The highest BCUT2D eigenvalue weighted by molar-refractivity contribution is 5.99. The molecule has 186 valence electrons. The van der Waals surface area contributed by atoms with Crippen LogP contribution < -0.4 is 16.0 Å². The van der Waals surface area contributed by atoms with Gasteiger partial charge < -0.3 is 26.0 Å². The Balaban J connectivity index is 1.94. The minimum absolute atomic E-state index is 0.00886. The van der Waals surface area contributed by atoms with Crippen LogP contribution in [0.5, 0.6) is 0 Å². The molecule has 2 aliphatic rings. The van der Waals surface area contributed by atoms with Crippen LogP contribution in [0.25, 0.3) is 0 Å². The summed E-state index contributed by atoms with van der Waals surface area (Å²) in [5, 5.41) is 17.6. The Hall–Kier alpha value is -2.94. The van der Waals surface area contributed by atoms with Crippen LogP contribution in [-0.4, -0.2) is 70.5 Å². The lowest BCUT2D eigenvalue weighted by Gasteiger charge is -2.35. The highest BCUT2D eigenvalue weighted by Crippen LogP contribution is 2.22. The summed E-state index contributed by atoms with van der Waals surface area (Å²) in [6.07, 6.45) is 3.13. The molecule has 2 saturated heterocycles. The van der Waals surface area contributed by atoms with Crippen LogP contribution in [-0.2, 0) is 25.6 Å². The second-order valence-electron chi connectivity index (χ2n) is 9.36. The highest BCUT2D eigenvalue weighted by atomic mass is 16.3. The molecule has 4 atom stereocenters. The highest BCUT2D eigenvalue weighted by Gasteiger charge is 2.43. The fourth-order valence-corrected chi connectivity index (χ4v) is 4.53. The van der Waals surface area contributed by atoms with Crippen LogP contribution >= 0.6 is 0 Å². The number of rotatable bonds is 7. The largest absolute Gasteiger partial charge is 0.396 e. The predicted molar refractivity (Wildman–Crippen MR) is 127 cm³/mol. The summed E-state index contributed by atoms with van der Waals surface area (Å²) < 4.78 is 0. The van der Waals surface area contributed by atoms with E-state index in [4.69, 9.17) is 5.11 Å². The van der Waals surface area contributed by atoms with E-state index in [1.165, 1.54) is 4.90 Å². The van der Waals surface area contributed by atoms with Gasteiger partial charge in [-0.15, -0.1) is 0 Å². The fraction of sp³-hybridized carbons (Fsp3) is 0.600. The summed E-state index contributed by atoms with van der Waals surface area (Å²) in [4.78, 5) is 54.9. The number of nitrogens with one attached hydrogen (secondary N) is 3. The van der Waals surface area contributed by atoms with Gasteiger partial charge in [0, 0.05) is 19.6 Å². The zero-order valence-electron chi connectivity index (χ0n) is 20.0. The van der Waals surface area contributed by atoms with Crippen LogP contribution in [0.3, 0.4) is 0 Å². The third kappa shape index (κ3) is 5.94. The van der Waals surface area contributed by atoms with E-state index in [1.807, 2.05) is 30.3 Å². The van der Waals surface area contributed by atoms with Gasteiger partial charge in [-0.25, -0.2) is 0 Å². The van der Waals surface area contributed by atoms with E-state index in [0.717, 1.165) is 5.56 Å². The summed E-state index contributed by atoms with van der Waals surface area (Å²) in [6.45, 7) is 3.83. The van der Waals surface area contributed by atoms with Gasteiger partial charge in [-0.1, -0.05) is 37.3 Å². The SMILES string of the molecule is CC[C@]1(C)NC(=O)[C@H](CCCCO)NC(=O)[C@H]2CCCN2C(=O)[C@H](Cc2ccccc2)NC1=O. The Labute approximate surface area is 200 Å². The predicted octanol–water partition coefficient (Wildman–Crippen LogP) is 0.651. The van der Waals surface area contributed by atoms with Crippen molar-refractivity contribution < 1.29 is 24.3 Å². The van der Waals surface area contributed by atoms with E-state index < -0.39 is 35.5 Å². The number of hydrogen-bond donors (Lipinski definition) is 4. The van der Waals surface area contributed by atoms with E-state index >= 15 is 0 Å². The van der Waals surface area contributed by atoms with Crippen molar-refractivity contribution in [3.8, 4) is 0 Å². The van der Waals surface area contributed by atoms with E-state index in [9.17, 15) is 19.2 Å². The third-order valence-electron chi connectivity index (χ3n) is 6.87. The summed E-state index contributed by atoms with van der Waals surface area (Å²) in [7, 11) is 0. The number of amides is 4. The first-order valence-electron chi connectivity index (χ1n) is 12.2. The van der Waals surface area contributed by atoms with Crippen molar-refractivity contribution in [2.75, 3.05) is 13.2 Å². The van der Waals surface area contributed by atoms with Gasteiger partial charge in [-0.2, -0.15) is 0 Å². The zero-order valence-corrected chi connectivity index (χ0v) is 20.0. The molecule has 1 aromatic carbocycles. The van der Waals surface area contributed by atoms with Gasteiger partial charge in [0.05, 0.1) is 0 Å². The summed E-state index contributed by atoms with van der Waals surface area (Å²) in [5.41, 5.74) is -0.366. The van der Waals surface area contributed by atoms with Crippen LogP contribution in [0.15, 0.2) is 30.3 Å². The van der Waals surface area contributed by atoms with Crippen molar-refractivity contribution in [1.82, 2.24) is 20.9 Å². The van der Waals surface area contributed by atoms with Crippen molar-refractivity contribution in [3.63, 3.8) is 0 Å². The molecular weight excluding hydrogens is 436 g/mol. The molecule has 9 heteroatoms. The first-order valence-corrected chi connectivity index (χ1v) is 12.2. The first kappa shape index (κ1) is 25.7. The maximum absolute atomic E-state index is 13.6. The average molecular weight is 473 g/mol. The molecule has 2 heterocycles. The van der Waals surface area contributed by atoms with E-state index in [1.54, 1.807) is 13.8 Å². The van der Waals surface area contributed by atoms with Gasteiger partial charge in [0.25, 0.3) is 0 Å². The Morgan fingerprint density at radius 1 is 1.03 bits per heavy atom. The zero-order chi connectivity index (χ0) is 24.7. The number of fused-ring (bicyclic) bond motifs is 1. The molecule has 34 heavy (non-hydrogen) atoms. The van der Waals surface area contributed by atoms with Gasteiger partial charge in [-0.05, 0) is 51.0 Å². The van der Waals surface area contributed by atoms with Gasteiger partial charge >= 0.3 is 0 Å². The number of carbonyl (C=O) groups excluding carboxylic acids is 4. The molecule has 0 radical (unpaired) electrons. The smallest absolute Gasteiger partial charge is 0.246 e. The van der Waals surface area contributed by atoms with Crippen molar-refractivity contribution in [2.45, 2.75) is 82.5 Å². The van der Waals surface area contributed by atoms with Crippen LogP contribution in [0.4, 0.5) is 0 Å². The molecule has 0 aliphatic carbocycles. The lowest BCUT2D eigenvalue weighted by Crippen LogP contribution is -2.65. The van der Waals surface area contributed by atoms with Crippen LogP contribution in [0, 0.1) is 0 Å². The van der Waals surface area contributed by atoms with Crippen LogP contribution in [0.2, 0.25) is 0 Å². The average Bonchev–Trinajstić information content (AvgIpc) is 3.32. The minimum atomic E-state index is -1.25. The second kappa shape index (κ2) is 11.5. The van der Waals surface area contributed by atoms with E-state index in [2.05, 4.69) is 16.0 Å². The number of aliphatic hydroxyl groups excluding tert-OH is 1. The van der Waals surface area contributed by atoms with Crippen molar-refractivity contribution in [1.29, 1.82) is 0 Å². The lowest BCUT2D eigenvalue weighted by molar-refractivity contribution is -0.144. The Morgan fingerprint density at radius 2 is 1.76 bits per heavy atom. The summed E-state index contributed by atoms with van der Waals surface area (Å²) in [6, 6.07) is 7.01. The van der Waals surface area contributed by atoms with Crippen molar-refractivity contribution >= 4 is 23.6 Å². The minimum Gasteiger partial charge on any atom is -0.396 e. The van der Waals surface area contributed by atoms with Gasteiger partial charge in [0.2, 0.25) is 23.6 Å². The molecule has 1 aromatic rings. The summed E-state index contributed by atoms with van der Waals surface area (Å²) >= 11 is 0. The molecule has 0 aromatic heterocycles.